The van der Waals surface area contributed by atoms with Crippen LogP contribution in [0.1, 0.15) is 31.3 Å². The minimum Gasteiger partial charge on any atom is -0.481 e. The van der Waals surface area contributed by atoms with E-state index >= 15 is 0 Å². The molecule has 0 unspecified atom stereocenters. The molecule has 0 atom stereocenters. The Labute approximate surface area is 77.0 Å². The minimum atomic E-state index is -0.772. The first-order valence-electron chi connectivity index (χ1n) is 4.47. The van der Waals surface area contributed by atoms with E-state index in [0.717, 1.165) is 24.4 Å². The van der Waals surface area contributed by atoms with Gasteiger partial charge in [0.05, 0.1) is 6.42 Å². The zero-order valence-corrected chi connectivity index (χ0v) is 7.71. The van der Waals surface area contributed by atoms with Gasteiger partial charge in [0.1, 0.15) is 5.82 Å². The van der Waals surface area contributed by atoms with Gasteiger partial charge in [-0.3, -0.25) is 4.79 Å². The van der Waals surface area contributed by atoms with Gasteiger partial charge in [-0.05, 0) is 12.8 Å². The second-order valence-corrected chi connectivity index (χ2v) is 3.00. The van der Waals surface area contributed by atoms with Crippen LogP contribution in [0.15, 0.2) is 6.20 Å². The molecular formula is C9H14N2O2. The third-order valence-corrected chi connectivity index (χ3v) is 1.78. The van der Waals surface area contributed by atoms with Crippen LogP contribution in [0.25, 0.3) is 0 Å². The van der Waals surface area contributed by atoms with Crippen LogP contribution in [0.4, 0.5) is 0 Å². The average molecular weight is 182 g/mol. The van der Waals surface area contributed by atoms with Crippen molar-refractivity contribution in [3.05, 3.63) is 17.7 Å². The Morgan fingerprint density at radius 3 is 3.00 bits per heavy atom. The van der Waals surface area contributed by atoms with E-state index in [4.69, 9.17) is 5.11 Å². The predicted molar refractivity (Wildman–Crippen MR) is 48.5 cm³/mol. The summed E-state index contributed by atoms with van der Waals surface area (Å²) in [6.07, 6.45) is 4.38. The summed E-state index contributed by atoms with van der Waals surface area (Å²) in [6, 6.07) is 0. The molecule has 4 heteroatoms. The smallest absolute Gasteiger partial charge is 0.303 e. The number of H-pyrrole nitrogens is 1. The molecule has 1 aromatic heterocycles. The largest absolute Gasteiger partial charge is 0.481 e. The molecule has 0 saturated carbocycles. The van der Waals surface area contributed by atoms with Gasteiger partial charge in [-0.15, -0.1) is 0 Å². The lowest BCUT2D eigenvalue weighted by molar-refractivity contribution is -0.136. The Balaban J connectivity index is 2.44. The summed E-state index contributed by atoms with van der Waals surface area (Å²) in [5, 5.41) is 8.45. The number of aryl methyl sites for hydroxylation is 2. The summed E-state index contributed by atoms with van der Waals surface area (Å²) in [5.74, 6) is 0.175. The number of aliphatic carboxylic acids is 1. The molecule has 1 heterocycles. The average Bonchev–Trinajstić information content (AvgIpc) is 2.50. The lowest BCUT2D eigenvalue weighted by atomic mass is 10.2. The van der Waals surface area contributed by atoms with E-state index in [2.05, 4.69) is 16.9 Å². The van der Waals surface area contributed by atoms with Crippen molar-refractivity contribution in [2.75, 3.05) is 0 Å². The van der Waals surface area contributed by atoms with Gasteiger partial charge in [0, 0.05) is 18.3 Å². The summed E-state index contributed by atoms with van der Waals surface area (Å²) in [4.78, 5) is 17.5. The molecule has 0 aliphatic rings. The summed E-state index contributed by atoms with van der Waals surface area (Å²) < 4.78 is 0. The summed E-state index contributed by atoms with van der Waals surface area (Å²) in [5.41, 5.74) is 0.908. The third kappa shape index (κ3) is 3.27. The van der Waals surface area contributed by atoms with Crippen LogP contribution in [-0.4, -0.2) is 21.0 Å². The number of hydrogen-bond acceptors (Lipinski definition) is 2. The van der Waals surface area contributed by atoms with Crippen LogP contribution in [0.5, 0.6) is 0 Å². The number of nitrogens with zero attached hydrogens (tertiary/aromatic N) is 1. The van der Waals surface area contributed by atoms with Crippen molar-refractivity contribution >= 4 is 5.97 Å². The van der Waals surface area contributed by atoms with E-state index in [9.17, 15) is 4.79 Å². The van der Waals surface area contributed by atoms with Gasteiger partial charge < -0.3 is 10.1 Å². The molecule has 13 heavy (non-hydrogen) atoms. The molecule has 0 bridgehead atoms. The molecule has 1 aromatic rings. The van der Waals surface area contributed by atoms with Gasteiger partial charge in [-0.1, -0.05) is 6.92 Å². The topological polar surface area (TPSA) is 66.0 Å². The van der Waals surface area contributed by atoms with Crippen molar-refractivity contribution in [2.24, 2.45) is 0 Å². The third-order valence-electron chi connectivity index (χ3n) is 1.78. The fraction of sp³-hybridized carbons (Fsp3) is 0.556. The number of carbonyl (C=O) groups is 1. The van der Waals surface area contributed by atoms with Gasteiger partial charge in [-0.2, -0.15) is 0 Å². The molecule has 0 radical (unpaired) electrons. The molecule has 2 N–H and O–H groups in total. The number of imidazole rings is 1. The Kier molecular flexibility index (Phi) is 3.49. The van der Waals surface area contributed by atoms with E-state index in [1.165, 1.54) is 0 Å². The summed E-state index contributed by atoms with van der Waals surface area (Å²) in [7, 11) is 0. The lowest BCUT2D eigenvalue weighted by Crippen LogP contribution is -1.97. The van der Waals surface area contributed by atoms with Gasteiger partial charge in [0.15, 0.2) is 0 Å². The van der Waals surface area contributed by atoms with Gasteiger partial charge >= 0.3 is 5.97 Å². The highest BCUT2D eigenvalue weighted by atomic mass is 16.4. The first-order valence-corrected chi connectivity index (χ1v) is 4.47. The highest BCUT2D eigenvalue weighted by Gasteiger charge is 2.02. The van der Waals surface area contributed by atoms with Crippen LogP contribution >= 0.6 is 0 Å². The maximum atomic E-state index is 10.3. The van der Waals surface area contributed by atoms with E-state index in [1.807, 2.05) is 0 Å². The van der Waals surface area contributed by atoms with Gasteiger partial charge in [0.25, 0.3) is 0 Å². The van der Waals surface area contributed by atoms with E-state index in [-0.39, 0.29) is 6.42 Å². The number of hydrogen-bond donors (Lipinski definition) is 2. The van der Waals surface area contributed by atoms with Crippen molar-refractivity contribution in [1.29, 1.82) is 0 Å². The van der Waals surface area contributed by atoms with E-state index in [0.29, 0.717) is 6.42 Å². The fourth-order valence-electron chi connectivity index (χ4n) is 1.14. The van der Waals surface area contributed by atoms with Crippen molar-refractivity contribution in [3.8, 4) is 0 Å². The molecule has 72 valence electrons. The maximum absolute atomic E-state index is 10.3. The van der Waals surface area contributed by atoms with Crippen LogP contribution in [0.2, 0.25) is 0 Å². The fourth-order valence-corrected chi connectivity index (χ4v) is 1.14. The van der Waals surface area contributed by atoms with Crippen molar-refractivity contribution in [1.82, 2.24) is 9.97 Å². The Bertz CT molecular complexity index is 281. The zero-order chi connectivity index (χ0) is 9.68. The number of aromatic nitrogens is 2. The Hall–Kier alpha value is -1.32. The van der Waals surface area contributed by atoms with Crippen LogP contribution in [-0.2, 0) is 17.6 Å². The summed E-state index contributed by atoms with van der Waals surface area (Å²) >= 11 is 0. The monoisotopic (exact) mass is 182 g/mol. The van der Waals surface area contributed by atoms with Crippen molar-refractivity contribution in [3.63, 3.8) is 0 Å². The van der Waals surface area contributed by atoms with Crippen LogP contribution < -0.4 is 0 Å². The number of carboxylic acid groups (broad SMARTS) is 1. The second kappa shape index (κ2) is 4.64. The van der Waals surface area contributed by atoms with Gasteiger partial charge in [-0.25, -0.2) is 4.98 Å². The molecule has 0 amide bonds. The number of nitrogens with one attached hydrogen (secondary N) is 1. The maximum Gasteiger partial charge on any atom is 0.303 e. The van der Waals surface area contributed by atoms with Crippen molar-refractivity contribution < 1.29 is 9.90 Å². The van der Waals surface area contributed by atoms with Crippen LogP contribution in [0.3, 0.4) is 0 Å². The lowest BCUT2D eigenvalue weighted by Gasteiger charge is -1.92. The first kappa shape index (κ1) is 9.77. The standard InChI is InChI=1S/C9H14N2O2/c1-2-3-8-10-6-7(11-8)4-5-9(12)13/h6H,2-5H2,1H3,(H,10,11)(H,12,13). The van der Waals surface area contributed by atoms with Crippen LogP contribution in [0, 0.1) is 0 Å². The highest BCUT2D eigenvalue weighted by molar-refractivity contribution is 5.66. The van der Waals surface area contributed by atoms with Crippen molar-refractivity contribution in [2.45, 2.75) is 32.6 Å². The zero-order valence-electron chi connectivity index (χ0n) is 7.71. The Morgan fingerprint density at radius 1 is 1.62 bits per heavy atom. The quantitative estimate of drug-likeness (QED) is 0.723. The van der Waals surface area contributed by atoms with E-state index < -0.39 is 5.97 Å². The first-order chi connectivity index (χ1) is 6.22. The normalized spacial score (nSPS) is 10.2. The molecule has 4 nitrogen and oxygen atoms in total. The molecule has 0 spiro atoms. The van der Waals surface area contributed by atoms with Gasteiger partial charge in [0.2, 0.25) is 0 Å². The number of aromatic amines is 1. The molecule has 0 aliphatic heterocycles. The molecule has 1 rings (SSSR count). The summed E-state index contributed by atoms with van der Waals surface area (Å²) in [6.45, 7) is 2.08. The minimum absolute atomic E-state index is 0.160. The molecular weight excluding hydrogens is 168 g/mol. The number of carboxylic acids is 1. The molecule has 0 saturated heterocycles. The second-order valence-electron chi connectivity index (χ2n) is 3.00. The predicted octanol–water partition coefficient (Wildman–Crippen LogP) is 1.38. The van der Waals surface area contributed by atoms with E-state index in [1.54, 1.807) is 6.20 Å². The highest BCUT2D eigenvalue weighted by Crippen LogP contribution is 2.02. The SMILES string of the molecule is CCCc1ncc(CCC(=O)O)[nH]1. The Morgan fingerprint density at radius 2 is 2.38 bits per heavy atom. The molecule has 0 aromatic carbocycles. The number of rotatable bonds is 5. The molecule has 0 aliphatic carbocycles. The molecule has 0 fully saturated rings.